The van der Waals surface area contributed by atoms with Gasteiger partial charge >= 0.3 is 12.0 Å². The molecule has 7 nitrogen and oxygen atoms in total. The summed E-state index contributed by atoms with van der Waals surface area (Å²) in [6.07, 6.45) is 0.182. The number of amides is 2. The van der Waals surface area contributed by atoms with Gasteiger partial charge in [0.05, 0.1) is 28.9 Å². The van der Waals surface area contributed by atoms with Crippen LogP contribution in [0, 0.1) is 11.3 Å². The molecule has 0 aromatic heterocycles. The Morgan fingerprint density at radius 2 is 2.24 bits per heavy atom. The Bertz CT molecular complexity index is 620. The van der Waals surface area contributed by atoms with Crippen LogP contribution in [0.5, 0.6) is 0 Å². The molecular weight excluding hydrogens is 298 g/mol. The topological polar surface area (TPSA) is 111 Å². The molecule has 0 bridgehead atoms. The fourth-order valence-electron chi connectivity index (χ4n) is 1.95. The Balaban J connectivity index is 2.12. The van der Waals surface area contributed by atoms with Gasteiger partial charge in [0.2, 0.25) is 0 Å². The summed E-state index contributed by atoms with van der Waals surface area (Å²) in [5.74, 6) is -1.16. The zero-order chi connectivity index (χ0) is 15.5. The molecule has 0 radical (unpaired) electrons. The van der Waals surface area contributed by atoms with Crippen LogP contribution in [0.15, 0.2) is 18.2 Å². The number of aliphatic carboxylic acids is 1. The van der Waals surface area contributed by atoms with Gasteiger partial charge in [-0.15, -0.1) is 0 Å². The summed E-state index contributed by atoms with van der Waals surface area (Å²) >= 11 is 5.92. The van der Waals surface area contributed by atoms with Gasteiger partial charge in [-0.05, 0) is 18.2 Å². The number of urea groups is 1. The van der Waals surface area contributed by atoms with E-state index in [1.54, 1.807) is 0 Å². The van der Waals surface area contributed by atoms with Crippen molar-refractivity contribution in [3.63, 3.8) is 0 Å². The molecule has 21 heavy (non-hydrogen) atoms. The van der Waals surface area contributed by atoms with Crippen molar-refractivity contribution in [1.29, 1.82) is 5.26 Å². The highest BCUT2D eigenvalue weighted by Crippen LogP contribution is 2.24. The van der Waals surface area contributed by atoms with Crippen molar-refractivity contribution in [2.45, 2.75) is 12.0 Å². The van der Waals surface area contributed by atoms with Crippen molar-refractivity contribution in [3.05, 3.63) is 28.8 Å². The van der Waals surface area contributed by atoms with Crippen LogP contribution in [-0.4, -0.2) is 35.9 Å². The Morgan fingerprint density at radius 3 is 2.81 bits per heavy atom. The van der Waals surface area contributed by atoms with E-state index in [1.165, 1.54) is 18.2 Å². The first-order valence-electron chi connectivity index (χ1n) is 6.07. The number of anilines is 1. The minimum atomic E-state index is -1.44. The monoisotopic (exact) mass is 309 g/mol. The maximum Gasteiger partial charge on any atom is 0.332 e. The highest BCUT2D eigenvalue weighted by Gasteiger charge is 2.44. The molecule has 1 saturated heterocycles. The Labute approximate surface area is 125 Å². The summed E-state index contributed by atoms with van der Waals surface area (Å²) in [5.41, 5.74) is -0.886. The predicted octanol–water partition coefficient (Wildman–Crippen LogP) is 1.58. The Morgan fingerprint density at radius 1 is 1.48 bits per heavy atom. The van der Waals surface area contributed by atoms with E-state index in [0.29, 0.717) is 5.56 Å². The van der Waals surface area contributed by atoms with Gasteiger partial charge in [0.1, 0.15) is 0 Å². The van der Waals surface area contributed by atoms with Crippen LogP contribution in [-0.2, 0) is 9.53 Å². The number of hydrogen-bond acceptors (Lipinski definition) is 4. The summed E-state index contributed by atoms with van der Waals surface area (Å²) in [5, 5.41) is 23.1. The number of benzene rings is 1. The number of carbonyl (C=O) groups excluding carboxylic acids is 1. The lowest BCUT2D eigenvalue weighted by Gasteiger charge is -2.23. The molecule has 3 N–H and O–H groups in total. The van der Waals surface area contributed by atoms with Gasteiger partial charge < -0.3 is 20.5 Å². The maximum atomic E-state index is 11.9. The van der Waals surface area contributed by atoms with Crippen LogP contribution >= 0.6 is 11.6 Å². The van der Waals surface area contributed by atoms with Crippen LogP contribution in [0.25, 0.3) is 0 Å². The number of carboxylic acids is 1. The number of nitrogens with one attached hydrogen (secondary N) is 2. The standard InChI is InChI=1S/C13H12ClN3O4/c14-9-2-1-8(6-15)5-10(9)16-12(20)17-13(11(18)19)3-4-21-7-13/h1-2,5H,3-4,7H2,(H,18,19)(H2,16,17,20). The highest BCUT2D eigenvalue weighted by atomic mass is 35.5. The molecule has 0 spiro atoms. The van der Waals surface area contributed by atoms with Crippen molar-refractivity contribution in [3.8, 4) is 6.07 Å². The van der Waals surface area contributed by atoms with Crippen molar-refractivity contribution in [1.82, 2.24) is 5.32 Å². The van der Waals surface area contributed by atoms with Gasteiger partial charge in [-0.3, -0.25) is 0 Å². The molecular formula is C13H12ClN3O4. The molecule has 110 valence electrons. The number of halogens is 1. The molecule has 1 aromatic carbocycles. The van der Waals surface area contributed by atoms with Crippen LogP contribution in [0.1, 0.15) is 12.0 Å². The first-order chi connectivity index (χ1) is 9.97. The lowest BCUT2D eigenvalue weighted by Crippen LogP contribution is -2.56. The molecule has 1 fully saturated rings. The zero-order valence-electron chi connectivity index (χ0n) is 10.9. The van der Waals surface area contributed by atoms with Gasteiger partial charge in [-0.2, -0.15) is 5.26 Å². The van der Waals surface area contributed by atoms with Gasteiger partial charge in [-0.25, -0.2) is 9.59 Å². The van der Waals surface area contributed by atoms with E-state index in [4.69, 9.17) is 21.6 Å². The molecule has 8 heteroatoms. The summed E-state index contributed by atoms with van der Waals surface area (Å²) in [4.78, 5) is 23.2. The highest BCUT2D eigenvalue weighted by molar-refractivity contribution is 6.33. The first kappa shape index (κ1) is 15.1. The molecule has 1 heterocycles. The van der Waals surface area contributed by atoms with Gasteiger partial charge in [-0.1, -0.05) is 11.6 Å². The average molecular weight is 310 g/mol. The van der Waals surface area contributed by atoms with E-state index in [1.807, 2.05) is 6.07 Å². The van der Waals surface area contributed by atoms with Crippen molar-refractivity contribution >= 4 is 29.3 Å². The van der Waals surface area contributed by atoms with Crippen LogP contribution < -0.4 is 10.6 Å². The largest absolute Gasteiger partial charge is 0.479 e. The predicted molar refractivity (Wildman–Crippen MR) is 74.1 cm³/mol. The van der Waals surface area contributed by atoms with E-state index in [9.17, 15) is 14.7 Å². The minimum absolute atomic E-state index is 0.0955. The first-order valence-corrected chi connectivity index (χ1v) is 6.44. The molecule has 0 aliphatic carbocycles. The minimum Gasteiger partial charge on any atom is -0.479 e. The SMILES string of the molecule is N#Cc1ccc(Cl)c(NC(=O)NC2(C(=O)O)CCOC2)c1. The van der Waals surface area contributed by atoms with E-state index in [0.717, 1.165) is 0 Å². The van der Waals surface area contributed by atoms with Gasteiger partial charge in [0, 0.05) is 13.0 Å². The van der Waals surface area contributed by atoms with E-state index >= 15 is 0 Å². The van der Waals surface area contributed by atoms with E-state index in [2.05, 4.69) is 10.6 Å². The average Bonchev–Trinajstić information content (AvgIpc) is 2.91. The molecule has 1 aromatic rings. The second-order valence-corrected chi connectivity index (χ2v) is 4.98. The summed E-state index contributed by atoms with van der Waals surface area (Å²) in [6, 6.07) is 5.59. The Kier molecular flexibility index (Phi) is 4.31. The fourth-order valence-corrected chi connectivity index (χ4v) is 2.11. The molecule has 2 amide bonds. The number of ether oxygens (including phenoxy) is 1. The zero-order valence-corrected chi connectivity index (χ0v) is 11.6. The molecule has 1 aliphatic heterocycles. The number of rotatable bonds is 3. The summed E-state index contributed by atoms with van der Waals surface area (Å²) < 4.78 is 5.04. The van der Waals surface area contributed by atoms with E-state index < -0.39 is 17.5 Å². The van der Waals surface area contributed by atoms with Crippen molar-refractivity contribution < 1.29 is 19.4 Å². The summed E-state index contributed by atoms with van der Waals surface area (Å²) in [6.45, 7) is 0.166. The van der Waals surface area contributed by atoms with Crippen LogP contribution in [0.3, 0.4) is 0 Å². The fraction of sp³-hybridized carbons (Fsp3) is 0.308. The molecule has 1 atom stereocenters. The Hall–Kier alpha value is -2.30. The third-order valence-corrected chi connectivity index (χ3v) is 3.46. The molecule has 0 saturated carbocycles. The van der Waals surface area contributed by atoms with Crippen LogP contribution in [0.2, 0.25) is 5.02 Å². The van der Waals surface area contributed by atoms with Crippen molar-refractivity contribution in [2.24, 2.45) is 0 Å². The second kappa shape index (κ2) is 5.99. The van der Waals surface area contributed by atoms with E-state index in [-0.39, 0.29) is 30.3 Å². The molecule has 2 rings (SSSR count). The number of nitrogens with zero attached hydrogens (tertiary/aromatic N) is 1. The third kappa shape index (κ3) is 3.24. The number of nitriles is 1. The number of carboxylic acid groups (broad SMARTS) is 1. The normalized spacial score (nSPS) is 20.6. The third-order valence-electron chi connectivity index (χ3n) is 3.13. The van der Waals surface area contributed by atoms with Gasteiger partial charge in [0.25, 0.3) is 0 Å². The molecule has 1 unspecified atom stereocenters. The lowest BCUT2D eigenvalue weighted by atomic mass is 9.99. The lowest BCUT2D eigenvalue weighted by molar-refractivity contribution is -0.144. The quantitative estimate of drug-likeness (QED) is 0.785. The maximum absolute atomic E-state index is 11.9. The second-order valence-electron chi connectivity index (χ2n) is 4.58. The molecule has 1 aliphatic rings. The van der Waals surface area contributed by atoms with Crippen LogP contribution in [0.4, 0.5) is 10.5 Å². The smallest absolute Gasteiger partial charge is 0.332 e. The van der Waals surface area contributed by atoms with Gasteiger partial charge in [0.15, 0.2) is 5.54 Å². The number of carbonyl (C=O) groups is 2. The summed E-state index contributed by atoms with van der Waals surface area (Å²) in [7, 11) is 0. The van der Waals surface area contributed by atoms with Crippen molar-refractivity contribution in [2.75, 3.05) is 18.5 Å². The number of hydrogen-bond donors (Lipinski definition) is 3.